The molecule has 0 aromatic carbocycles. The minimum absolute atomic E-state index is 0.578. The highest BCUT2D eigenvalue weighted by Crippen LogP contribution is 2.24. The van der Waals surface area contributed by atoms with Gasteiger partial charge in [0.05, 0.1) is 17.3 Å². The molecule has 4 rings (SSSR count). The van der Waals surface area contributed by atoms with Gasteiger partial charge in [-0.25, -0.2) is 9.97 Å². The van der Waals surface area contributed by atoms with E-state index in [1.54, 1.807) is 4.68 Å². The van der Waals surface area contributed by atoms with E-state index in [9.17, 15) is 0 Å². The number of piperazine rings is 1. The van der Waals surface area contributed by atoms with Crippen LogP contribution in [0.1, 0.15) is 11.5 Å². The van der Waals surface area contributed by atoms with Crippen LogP contribution in [-0.2, 0) is 7.05 Å². The highest BCUT2D eigenvalue weighted by atomic mass is 16.5. The zero-order valence-electron chi connectivity index (χ0n) is 16.0. The molecular formula is C18H24N8O. The Kier molecular flexibility index (Phi) is 4.85. The van der Waals surface area contributed by atoms with Gasteiger partial charge in [0.25, 0.3) is 0 Å². The maximum absolute atomic E-state index is 5.69. The summed E-state index contributed by atoms with van der Waals surface area (Å²) in [5, 5.41) is 13.4. The summed E-state index contributed by atoms with van der Waals surface area (Å²) in [5.74, 6) is 2.34. The maximum atomic E-state index is 5.69. The monoisotopic (exact) mass is 368 g/mol. The van der Waals surface area contributed by atoms with Crippen LogP contribution in [0.15, 0.2) is 18.3 Å². The zero-order valence-corrected chi connectivity index (χ0v) is 16.0. The third-order valence-corrected chi connectivity index (χ3v) is 4.79. The largest absolute Gasteiger partial charge is 0.475 e. The Hall–Kier alpha value is -2.81. The molecule has 0 atom stereocenters. The molecule has 0 saturated carbocycles. The second-order valence-electron chi connectivity index (χ2n) is 6.79. The van der Waals surface area contributed by atoms with Crippen molar-refractivity contribution in [2.45, 2.75) is 13.8 Å². The van der Waals surface area contributed by atoms with Crippen molar-refractivity contribution in [3.63, 3.8) is 0 Å². The third-order valence-electron chi connectivity index (χ3n) is 4.79. The molecule has 0 N–H and O–H groups in total. The van der Waals surface area contributed by atoms with Crippen molar-refractivity contribution >= 4 is 16.9 Å². The molecule has 9 heteroatoms. The summed E-state index contributed by atoms with van der Waals surface area (Å²) in [6.07, 6.45) is 1.85. The third kappa shape index (κ3) is 3.82. The van der Waals surface area contributed by atoms with Crippen LogP contribution in [0.2, 0.25) is 0 Å². The molecule has 3 aromatic rings. The van der Waals surface area contributed by atoms with Crippen molar-refractivity contribution < 1.29 is 4.74 Å². The van der Waals surface area contributed by atoms with E-state index in [1.165, 1.54) is 0 Å². The summed E-state index contributed by atoms with van der Waals surface area (Å²) in [4.78, 5) is 13.9. The number of ether oxygens (including phenoxy) is 1. The van der Waals surface area contributed by atoms with Gasteiger partial charge in [-0.05, 0) is 19.9 Å². The lowest BCUT2D eigenvalue weighted by Crippen LogP contribution is -2.47. The highest BCUT2D eigenvalue weighted by molar-refractivity contribution is 5.87. The summed E-state index contributed by atoms with van der Waals surface area (Å²) in [7, 11) is 1.91. The van der Waals surface area contributed by atoms with E-state index in [0.29, 0.717) is 12.5 Å². The topological polar surface area (TPSA) is 85.1 Å². The predicted molar refractivity (Wildman–Crippen MR) is 102 cm³/mol. The summed E-state index contributed by atoms with van der Waals surface area (Å²) in [6.45, 7) is 9.09. The fourth-order valence-electron chi connectivity index (χ4n) is 3.28. The van der Waals surface area contributed by atoms with Crippen molar-refractivity contribution in [3.8, 4) is 5.88 Å². The van der Waals surface area contributed by atoms with E-state index in [-0.39, 0.29) is 0 Å². The molecule has 0 spiro atoms. The summed E-state index contributed by atoms with van der Waals surface area (Å²) >= 11 is 0. The number of aromatic nitrogens is 6. The first-order chi connectivity index (χ1) is 13.1. The molecule has 142 valence electrons. The summed E-state index contributed by atoms with van der Waals surface area (Å²) < 4.78 is 7.49. The van der Waals surface area contributed by atoms with Crippen LogP contribution < -0.4 is 9.64 Å². The molecular weight excluding hydrogens is 344 g/mol. The molecule has 0 bridgehead atoms. The Balaban J connectivity index is 1.33. The molecule has 27 heavy (non-hydrogen) atoms. The Bertz CT molecular complexity index is 915. The standard InChI is InChI=1S/C18H24N8O/c1-13-4-5-16(23-22-13)27-11-10-25-6-8-26(9-7-25)18-15-12-19-24(3)17(15)20-14(2)21-18/h4-5,12H,6-11H2,1-3H3. The fourth-order valence-corrected chi connectivity index (χ4v) is 3.28. The van der Waals surface area contributed by atoms with Gasteiger partial charge in [-0.1, -0.05) is 0 Å². The van der Waals surface area contributed by atoms with Gasteiger partial charge in [0.2, 0.25) is 5.88 Å². The average molecular weight is 368 g/mol. The first kappa shape index (κ1) is 17.6. The van der Waals surface area contributed by atoms with Gasteiger partial charge in [0, 0.05) is 45.8 Å². The smallest absolute Gasteiger partial charge is 0.233 e. The van der Waals surface area contributed by atoms with Crippen molar-refractivity contribution in [3.05, 3.63) is 29.8 Å². The molecule has 3 aromatic heterocycles. The van der Waals surface area contributed by atoms with Gasteiger partial charge in [-0.15, -0.1) is 5.10 Å². The Morgan fingerprint density at radius 2 is 1.85 bits per heavy atom. The first-order valence-corrected chi connectivity index (χ1v) is 9.17. The fraction of sp³-hybridized carbons (Fsp3) is 0.500. The zero-order chi connectivity index (χ0) is 18.8. The first-order valence-electron chi connectivity index (χ1n) is 9.17. The lowest BCUT2D eigenvalue weighted by atomic mass is 10.2. The van der Waals surface area contributed by atoms with Gasteiger partial charge >= 0.3 is 0 Å². The van der Waals surface area contributed by atoms with Crippen LogP contribution in [0.3, 0.4) is 0 Å². The normalized spacial score (nSPS) is 15.4. The van der Waals surface area contributed by atoms with Crippen LogP contribution in [-0.4, -0.2) is 74.2 Å². The van der Waals surface area contributed by atoms with Crippen LogP contribution >= 0.6 is 0 Å². The summed E-state index contributed by atoms with van der Waals surface area (Å²) in [5.41, 5.74) is 1.77. The van der Waals surface area contributed by atoms with Crippen LogP contribution in [0, 0.1) is 13.8 Å². The lowest BCUT2D eigenvalue weighted by Gasteiger charge is -2.35. The molecule has 9 nitrogen and oxygen atoms in total. The average Bonchev–Trinajstić information content (AvgIpc) is 3.04. The van der Waals surface area contributed by atoms with Gasteiger partial charge < -0.3 is 9.64 Å². The Morgan fingerprint density at radius 3 is 2.59 bits per heavy atom. The van der Waals surface area contributed by atoms with Gasteiger partial charge in [0.1, 0.15) is 18.2 Å². The molecule has 1 aliphatic rings. The second kappa shape index (κ2) is 7.43. The number of anilines is 1. The van der Waals surface area contributed by atoms with Crippen molar-refractivity contribution in [2.75, 3.05) is 44.2 Å². The maximum Gasteiger partial charge on any atom is 0.233 e. The minimum Gasteiger partial charge on any atom is -0.475 e. The van der Waals surface area contributed by atoms with E-state index in [4.69, 9.17) is 4.74 Å². The van der Waals surface area contributed by atoms with Crippen molar-refractivity contribution in [1.82, 2.24) is 34.8 Å². The lowest BCUT2D eigenvalue weighted by molar-refractivity contribution is 0.196. The number of nitrogens with zero attached hydrogens (tertiary/aromatic N) is 8. The van der Waals surface area contributed by atoms with E-state index in [1.807, 2.05) is 39.2 Å². The van der Waals surface area contributed by atoms with Crippen LogP contribution in [0.4, 0.5) is 5.82 Å². The second-order valence-corrected chi connectivity index (χ2v) is 6.79. The molecule has 1 saturated heterocycles. The molecule has 1 fully saturated rings. The molecule has 1 aliphatic heterocycles. The Labute approximate surface area is 158 Å². The van der Waals surface area contributed by atoms with E-state index >= 15 is 0 Å². The SMILES string of the molecule is Cc1ccc(OCCN2CCN(c3nc(C)nc4c3cnn4C)CC2)nn1. The van der Waals surface area contributed by atoms with Crippen LogP contribution in [0.5, 0.6) is 5.88 Å². The van der Waals surface area contributed by atoms with E-state index in [0.717, 1.165) is 61.1 Å². The number of fused-ring (bicyclic) bond motifs is 1. The number of aryl methyl sites for hydroxylation is 3. The summed E-state index contributed by atoms with van der Waals surface area (Å²) in [6, 6.07) is 3.76. The highest BCUT2D eigenvalue weighted by Gasteiger charge is 2.21. The quantitative estimate of drug-likeness (QED) is 0.659. The van der Waals surface area contributed by atoms with E-state index < -0.39 is 0 Å². The predicted octanol–water partition coefficient (Wildman–Crippen LogP) is 0.971. The van der Waals surface area contributed by atoms with Gasteiger partial charge in [-0.3, -0.25) is 9.58 Å². The molecule has 0 radical (unpaired) electrons. The molecule has 0 aliphatic carbocycles. The minimum atomic E-state index is 0.578. The number of hydrogen-bond acceptors (Lipinski definition) is 8. The number of rotatable bonds is 5. The van der Waals surface area contributed by atoms with Gasteiger partial charge in [0.15, 0.2) is 5.65 Å². The van der Waals surface area contributed by atoms with Crippen molar-refractivity contribution in [2.24, 2.45) is 7.05 Å². The van der Waals surface area contributed by atoms with Crippen LogP contribution in [0.25, 0.3) is 11.0 Å². The van der Waals surface area contributed by atoms with Gasteiger partial charge in [-0.2, -0.15) is 10.2 Å². The molecule has 0 amide bonds. The van der Waals surface area contributed by atoms with Crippen molar-refractivity contribution in [1.29, 1.82) is 0 Å². The molecule has 0 unspecified atom stereocenters. The molecule has 4 heterocycles. The van der Waals surface area contributed by atoms with E-state index in [2.05, 4.69) is 35.1 Å². The number of hydrogen-bond donors (Lipinski definition) is 0. The Morgan fingerprint density at radius 1 is 1.04 bits per heavy atom.